The first-order valence-electron chi connectivity index (χ1n) is 13.1. The van der Waals surface area contributed by atoms with Gasteiger partial charge in [0.05, 0.1) is 38.4 Å². The molecule has 4 aromatic heterocycles. The van der Waals surface area contributed by atoms with Gasteiger partial charge in [0.1, 0.15) is 4.90 Å². The molecule has 0 unspecified atom stereocenters. The molecule has 226 valence electrons. The fourth-order valence-electron chi connectivity index (χ4n) is 5.38. The fourth-order valence-corrected chi connectivity index (χ4v) is 6.92. The number of pyridine rings is 3. The predicted octanol–water partition coefficient (Wildman–Crippen LogP) is 3.11. The highest BCUT2D eigenvalue weighted by molar-refractivity contribution is 7.89. The van der Waals surface area contributed by atoms with E-state index in [1.165, 1.54) is 28.7 Å². The topological polar surface area (TPSA) is 149 Å². The molecule has 2 aliphatic rings. The van der Waals surface area contributed by atoms with E-state index >= 15 is 0 Å². The first-order chi connectivity index (χ1) is 20.3. The number of aromatic nitrogens is 5. The van der Waals surface area contributed by atoms with Crippen LogP contribution in [0.2, 0.25) is 0 Å². The lowest BCUT2D eigenvalue weighted by atomic mass is 9.89. The Labute approximate surface area is 243 Å². The molecule has 2 aliphatic heterocycles. The summed E-state index contributed by atoms with van der Waals surface area (Å²) >= 11 is 0. The van der Waals surface area contributed by atoms with E-state index in [0.29, 0.717) is 28.1 Å². The molecule has 6 rings (SSSR count). The van der Waals surface area contributed by atoms with Crippen LogP contribution in [0.15, 0.2) is 47.6 Å². The fraction of sp³-hybridized carbons (Fsp3) is 0.370. The number of hydrogen-bond acceptors (Lipinski definition) is 9. The molecule has 6 heterocycles. The van der Waals surface area contributed by atoms with Gasteiger partial charge in [-0.25, -0.2) is 13.4 Å². The zero-order chi connectivity index (χ0) is 30.7. The summed E-state index contributed by atoms with van der Waals surface area (Å²) in [6, 6.07) is 7.65. The van der Waals surface area contributed by atoms with E-state index in [1.807, 2.05) is 0 Å². The van der Waals surface area contributed by atoms with Crippen molar-refractivity contribution >= 4 is 21.6 Å². The van der Waals surface area contributed by atoms with E-state index in [2.05, 4.69) is 15.2 Å². The first-order valence-corrected chi connectivity index (χ1v) is 14.5. The highest BCUT2D eigenvalue weighted by Gasteiger charge is 2.49. The third-order valence-electron chi connectivity index (χ3n) is 7.64. The Morgan fingerprint density at radius 3 is 2.60 bits per heavy atom. The minimum Gasteiger partial charge on any atom is -0.481 e. The maximum Gasteiger partial charge on any atom is 0.452 e. The molecule has 1 N–H and O–H groups in total. The average molecular weight is 619 g/mol. The van der Waals surface area contributed by atoms with Crippen LogP contribution >= 0.6 is 0 Å². The van der Waals surface area contributed by atoms with E-state index in [0.717, 1.165) is 10.6 Å². The third-order valence-corrected chi connectivity index (χ3v) is 9.45. The number of carboxylic acids is 1. The minimum absolute atomic E-state index is 0.0127. The molecule has 0 radical (unpaired) electrons. The highest BCUT2D eigenvalue weighted by atomic mass is 32.2. The van der Waals surface area contributed by atoms with E-state index in [9.17, 15) is 31.5 Å². The van der Waals surface area contributed by atoms with E-state index < -0.39 is 45.9 Å². The second kappa shape index (κ2) is 10.2. The number of fused-ring (bicyclic) bond motifs is 2. The van der Waals surface area contributed by atoms with Crippen molar-refractivity contribution in [2.24, 2.45) is 0 Å². The molecule has 0 saturated carbocycles. The summed E-state index contributed by atoms with van der Waals surface area (Å²) < 4.78 is 81.2. The van der Waals surface area contributed by atoms with Crippen molar-refractivity contribution in [3.8, 4) is 5.88 Å². The molecule has 1 saturated heterocycles. The van der Waals surface area contributed by atoms with Crippen LogP contribution in [0.25, 0.3) is 5.65 Å². The Balaban J connectivity index is 1.40. The lowest BCUT2D eigenvalue weighted by molar-refractivity contribution is -0.166. The monoisotopic (exact) mass is 618 g/mol. The number of aliphatic carboxylic acids is 1. The molecule has 12 nitrogen and oxygen atoms in total. The van der Waals surface area contributed by atoms with Gasteiger partial charge in [-0.2, -0.15) is 17.5 Å². The number of hydrogen-bond donors (Lipinski definition) is 1. The Morgan fingerprint density at radius 1 is 1.16 bits per heavy atom. The quantitative estimate of drug-likeness (QED) is 0.342. The molecule has 0 amide bonds. The van der Waals surface area contributed by atoms with Crippen molar-refractivity contribution in [3.63, 3.8) is 0 Å². The van der Waals surface area contributed by atoms with Crippen LogP contribution < -0.4 is 4.74 Å². The number of ether oxygens (including phenoxy) is 2. The zero-order valence-corrected chi connectivity index (χ0v) is 23.7. The average Bonchev–Trinajstić information content (AvgIpc) is 3.34. The number of aryl methyl sites for hydroxylation is 2. The molecular weight excluding hydrogens is 593 g/mol. The second-order valence-corrected chi connectivity index (χ2v) is 12.5. The maximum atomic E-state index is 13.8. The zero-order valence-electron chi connectivity index (χ0n) is 22.9. The summed E-state index contributed by atoms with van der Waals surface area (Å²) in [6.45, 7) is 3.45. The standard InChI is InChI=1S/C27H25F3N6O6S/c1-15-5-6-19(18(10-22(37)38)17-7-9-36-23(16(17)2)33-34-25(36)27(28,29)30)32-20(15)11-35-12-26(13-41-14-26)42-24-21(43(35,39)40)4-3-8-31-24/h3-9,18H,10-14H2,1-2H3,(H,37,38)/t18-/m0/s1. The molecule has 1 fully saturated rings. The summed E-state index contributed by atoms with van der Waals surface area (Å²) in [6.07, 6.45) is -2.57. The van der Waals surface area contributed by atoms with Gasteiger partial charge in [-0.15, -0.1) is 10.2 Å². The van der Waals surface area contributed by atoms with Crippen molar-refractivity contribution < 1.29 is 41.0 Å². The van der Waals surface area contributed by atoms with Gasteiger partial charge >= 0.3 is 12.1 Å². The normalized spacial score (nSPS) is 18.4. The van der Waals surface area contributed by atoms with E-state index in [1.54, 1.807) is 26.0 Å². The number of carbonyl (C=O) groups is 1. The molecule has 43 heavy (non-hydrogen) atoms. The van der Waals surface area contributed by atoms with Gasteiger partial charge in [-0.3, -0.25) is 14.2 Å². The third kappa shape index (κ3) is 5.08. The predicted molar refractivity (Wildman–Crippen MR) is 142 cm³/mol. The molecule has 0 bridgehead atoms. The van der Waals surface area contributed by atoms with Crippen molar-refractivity contribution in [2.45, 2.75) is 49.4 Å². The van der Waals surface area contributed by atoms with Gasteiger partial charge in [0, 0.05) is 24.0 Å². The van der Waals surface area contributed by atoms with Gasteiger partial charge in [0.2, 0.25) is 21.7 Å². The van der Waals surface area contributed by atoms with Crippen LogP contribution in [-0.2, 0) is 32.3 Å². The van der Waals surface area contributed by atoms with Crippen molar-refractivity contribution in [1.82, 2.24) is 28.9 Å². The summed E-state index contributed by atoms with van der Waals surface area (Å²) in [7, 11) is -4.08. The first kappa shape index (κ1) is 28.9. The molecular formula is C27H25F3N6O6S. The van der Waals surface area contributed by atoms with E-state index in [4.69, 9.17) is 14.5 Å². The van der Waals surface area contributed by atoms with Gasteiger partial charge in [-0.1, -0.05) is 6.07 Å². The van der Waals surface area contributed by atoms with Gasteiger partial charge < -0.3 is 14.6 Å². The Kier molecular flexibility index (Phi) is 6.89. The number of alkyl halides is 3. The molecule has 16 heteroatoms. The van der Waals surface area contributed by atoms with Crippen LogP contribution in [-0.4, -0.2) is 73.7 Å². The van der Waals surface area contributed by atoms with E-state index in [-0.39, 0.29) is 42.7 Å². The van der Waals surface area contributed by atoms with Crippen LogP contribution in [0.3, 0.4) is 0 Å². The summed E-state index contributed by atoms with van der Waals surface area (Å²) in [4.78, 5) is 20.7. The number of carboxylic acid groups (broad SMARTS) is 1. The van der Waals surface area contributed by atoms with Gasteiger partial charge in [0.25, 0.3) is 0 Å². The summed E-state index contributed by atoms with van der Waals surface area (Å²) in [5, 5.41) is 16.7. The largest absolute Gasteiger partial charge is 0.481 e. The lowest BCUT2D eigenvalue weighted by Gasteiger charge is -2.41. The highest BCUT2D eigenvalue weighted by Crippen LogP contribution is 2.38. The maximum absolute atomic E-state index is 13.8. The van der Waals surface area contributed by atoms with Crippen LogP contribution in [0.5, 0.6) is 5.88 Å². The number of halogens is 3. The molecule has 4 aromatic rings. The number of rotatable bonds is 6. The number of sulfonamides is 1. The van der Waals surface area contributed by atoms with Crippen LogP contribution in [0.4, 0.5) is 13.2 Å². The molecule has 1 spiro atoms. The van der Waals surface area contributed by atoms with Crippen LogP contribution in [0, 0.1) is 13.8 Å². The van der Waals surface area contributed by atoms with Crippen molar-refractivity contribution in [3.05, 3.63) is 76.6 Å². The van der Waals surface area contributed by atoms with Gasteiger partial charge in [-0.05, 0) is 54.8 Å². The molecule has 0 aliphatic carbocycles. The summed E-state index contributed by atoms with van der Waals surface area (Å²) in [5.41, 5.74) is 1.05. The Bertz CT molecular complexity index is 1860. The smallest absolute Gasteiger partial charge is 0.452 e. The minimum atomic E-state index is -4.74. The van der Waals surface area contributed by atoms with Gasteiger partial charge in [0.15, 0.2) is 11.2 Å². The molecule has 1 atom stereocenters. The van der Waals surface area contributed by atoms with Crippen LogP contribution in [0.1, 0.15) is 46.2 Å². The lowest BCUT2D eigenvalue weighted by Crippen LogP contribution is -2.60. The summed E-state index contributed by atoms with van der Waals surface area (Å²) in [5.74, 6) is -3.25. The number of nitrogens with zero attached hydrogens (tertiary/aromatic N) is 6. The second-order valence-electron chi connectivity index (χ2n) is 10.6. The Hall–Kier alpha value is -4.15. The Morgan fingerprint density at radius 2 is 1.93 bits per heavy atom. The van der Waals surface area contributed by atoms with Crippen molar-refractivity contribution in [1.29, 1.82) is 0 Å². The molecule has 0 aromatic carbocycles. The SMILES string of the molecule is Cc1ccc([C@@H](CC(=O)O)c2ccn3c(C(F)(F)F)nnc3c2C)nc1CN1CC2(COC2)Oc2ncccc2S1(=O)=O. The van der Waals surface area contributed by atoms with Crippen molar-refractivity contribution in [2.75, 3.05) is 19.8 Å².